The number of aryl methyl sites for hydroxylation is 1. The van der Waals surface area contributed by atoms with E-state index in [0.29, 0.717) is 24.8 Å². The van der Waals surface area contributed by atoms with Crippen molar-refractivity contribution in [2.24, 2.45) is 4.99 Å². The van der Waals surface area contributed by atoms with E-state index in [0.717, 1.165) is 17.2 Å². The van der Waals surface area contributed by atoms with Crippen molar-refractivity contribution in [1.82, 2.24) is 25.2 Å². The highest BCUT2D eigenvalue weighted by Crippen LogP contribution is 2.13. The molecule has 0 aliphatic rings. The number of aliphatic imine (C=N–C) groups is 1. The number of pyridine rings is 1. The standard InChI is InChI=1S/C21H25FN6O.HI/c1-15(29-19-6-4-5-18(22)11-19)12-26-21(23-3)27-14-17-7-8-20(25-13-17)28-10-9-24-16(28)2;/h4-11,13,15H,12,14H2,1-3H3,(H2,23,26,27);1H. The van der Waals surface area contributed by atoms with E-state index in [1.165, 1.54) is 12.1 Å². The van der Waals surface area contributed by atoms with Gasteiger partial charge in [0.15, 0.2) is 5.96 Å². The second-order valence-corrected chi connectivity index (χ2v) is 6.56. The molecule has 1 atom stereocenters. The fraction of sp³-hybridized carbons (Fsp3) is 0.286. The maximum Gasteiger partial charge on any atom is 0.191 e. The van der Waals surface area contributed by atoms with E-state index >= 15 is 0 Å². The zero-order chi connectivity index (χ0) is 20.6. The first-order chi connectivity index (χ1) is 14.0. The Morgan fingerprint density at radius 2 is 2.07 bits per heavy atom. The quantitative estimate of drug-likeness (QED) is 0.281. The molecular formula is C21H26FIN6O. The zero-order valence-electron chi connectivity index (χ0n) is 17.2. The third kappa shape index (κ3) is 6.68. The molecule has 0 saturated heterocycles. The van der Waals surface area contributed by atoms with Gasteiger partial charge in [0.2, 0.25) is 0 Å². The van der Waals surface area contributed by atoms with Gasteiger partial charge in [0.1, 0.15) is 29.3 Å². The van der Waals surface area contributed by atoms with Crippen molar-refractivity contribution in [1.29, 1.82) is 0 Å². The summed E-state index contributed by atoms with van der Waals surface area (Å²) in [6, 6.07) is 10.1. The molecule has 2 N–H and O–H groups in total. The summed E-state index contributed by atoms with van der Waals surface area (Å²) in [6.07, 6.45) is 5.30. The van der Waals surface area contributed by atoms with Crippen molar-refractivity contribution in [3.05, 3.63) is 72.2 Å². The lowest BCUT2D eigenvalue weighted by molar-refractivity contribution is 0.223. The van der Waals surface area contributed by atoms with E-state index in [2.05, 4.69) is 25.6 Å². The van der Waals surface area contributed by atoms with Gasteiger partial charge < -0.3 is 15.4 Å². The molecule has 0 aliphatic carbocycles. The Bertz CT molecular complexity index is 960. The summed E-state index contributed by atoms with van der Waals surface area (Å²) < 4.78 is 20.9. The van der Waals surface area contributed by atoms with Crippen molar-refractivity contribution >= 4 is 29.9 Å². The van der Waals surface area contributed by atoms with Gasteiger partial charge in [-0.2, -0.15) is 0 Å². The van der Waals surface area contributed by atoms with Gasteiger partial charge in [0, 0.05) is 38.2 Å². The Morgan fingerprint density at radius 3 is 2.70 bits per heavy atom. The van der Waals surface area contributed by atoms with Crippen LogP contribution in [0.4, 0.5) is 4.39 Å². The van der Waals surface area contributed by atoms with Crippen LogP contribution in [0.2, 0.25) is 0 Å². The van der Waals surface area contributed by atoms with Gasteiger partial charge in [-0.05, 0) is 37.6 Å². The number of hydrogen-bond donors (Lipinski definition) is 2. The van der Waals surface area contributed by atoms with E-state index in [1.807, 2.05) is 42.9 Å². The molecule has 0 saturated carbocycles. The highest BCUT2D eigenvalue weighted by molar-refractivity contribution is 14.0. The Morgan fingerprint density at radius 1 is 1.23 bits per heavy atom. The Labute approximate surface area is 192 Å². The average Bonchev–Trinajstić information content (AvgIpc) is 3.14. The normalized spacial score (nSPS) is 12.1. The molecule has 1 unspecified atom stereocenters. The minimum absolute atomic E-state index is 0. The minimum atomic E-state index is -0.317. The smallest absolute Gasteiger partial charge is 0.191 e. The average molecular weight is 524 g/mol. The number of imidazole rings is 1. The van der Waals surface area contributed by atoms with Crippen molar-refractivity contribution < 1.29 is 9.13 Å². The van der Waals surface area contributed by atoms with Crippen LogP contribution in [0.25, 0.3) is 5.82 Å². The first kappa shape index (κ1) is 23.6. The van der Waals surface area contributed by atoms with E-state index in [1.54, 1.807) is 25.4 Å². The molecule has 0 fully saturated rings. The van der Waals surface area contributed by atoms with Gasteiger partial charge in [0.25, 0.3) is 0 Å². The lowest BCUT2D eigenvalue weighted by atomic mass is 10.3. The first-order valence-electron chi connectivity index (χ1n) is 9.37. The van der Waals surface area contributed by atoms with Crippen LogP contribution >= 0.6 is 24.0 Å². The summed E-state index contributed by atoms with van der Waals surface area (Å²) in [5, 5.41) is 6.45. The van der Waals surface area contributed by atoms with Gasteiger partial charge >= 0.3 is 0 Å². The molecule has 3 aromatic rings. The largest absolute Gasteiger partial charge is 0.489 e. The number of aromatic nitrogens is 3. The molecule has 0 spiro atoms. The van der Waals surface area contributed by atoms with Crippen LogP contribution < -0.4 is 15.4 Å². The third-order valence-corrected chi connectivity index (χ3v) is 4.26. The fourth-order valence-electron chi connectivity index (χ4n) is 2.74. The molecule has 1 aromatic carbocycles. The Kier molecular flexibility index (Phi) is 9.03. The lowest BCUT2D eigenvalue weighted by Crippen LogP contribution is -2.41. The SMILES string of the molecule is CN=C(NCc1ccc(-n2ccnc2C)nc1)NCC(C)Oc1cccc(F)c1.I. The predicted octanol–water partition coefficient (Wildman–Crippen LogP) is 3.47. The summed E-state index contributed by atoms with van der Waals surface area (Å²) in [4.78, 5) is 12.9. The zero-order valence-corrected chi connectivity index (χ0v) is 19.5. The van der Waals surface area contributed by atoms with Crippen LogP contribution in [0.5, 0.6) is 5.75 Å². The summed E-state index contributed by atoms with van der Waals surface area (Å²) in [7, 11) is 1.70. The number of halogens is 2. The van der Waals surface area contributed by atoms with Crippen molar-refractivity contribution in [2.45, 2.75) is 26.5 Å². The highest BCUT2D eigenvalue weighted by atomic mass is 127. The molecule has 3 rings (SSSR count). The molecule has 30 heavy (non-hydrogen) atoms. The molecule has 0 amide bonds. The van der Waals surface area contributed by atoms with Crippen molar-refractivity contribution in [3.8, 4) is 11.6 Å². The molecular weight excluding hydrogens is 498 g/mol. The van der Waals surface area contributed by atoms with Gasteiger partial charge in [-0.3, -0.25) is 9.56 Å². The second-order valence-electron chi connectivity index (χ2n) is 6.56. The number of ether oxygens (including phenoxy) is 1. The maximum absolute atomic E-state index is 13.2. The Balaban J connectivity index is 0.00000320. The fourth-order valence-corrected chi connectivity index (χ4v) is 2.74. The number of rotatable bonds is 7. The molecule has 7 nitrogen and oxygen atoms in total. The van der Waals surface area contributed by atoms with Crippen LogP contribution in [-0.2, 0) is 6.54 Å². The Hall–Kier alpha value is -2.69. The molecule has 160 valence electrons. The van der Waals surface area contributed by atoms with E-state index in [4.69, 9.17) is 4.74 Å². The molecule has 0 bridgehead atoms. The van der Waals surface area contributed by atoms with Crippen LogP contribution in [0.1, 0.15) is 18.3 Å². The summed E-state index contributed by atoms with van der Waals surface area (Å²) in [6.45, 7) is 4.94. The van der Waals surface area contributed by atoms with Crippen LogP contribution in [0.3, 0.4) is 0 Å². The highest BCUT2D eigenvalue weighted by Gasteiger charge is 2.07. The molecule has 9 heteroatoms. The minimum Gasteiger partial charge on any atom is -0.489 e. The lowest BCUT2D eigenvalue weighted by Gasteiger charge is -2.18. The van der Waals surface area contributed by atoms with Gasteiger partial charge in [-0.25, -0.2) is 14.4 Å². The maximum atomic E-state index is 13.2. The summed E-state index contributed by atoms with van der Waals surface area (Å²) in [5.74, 6) is 2.55. The first-order valence-corrected chi connectivity index (χ1v) is 9.37. The number of guanidine groups is 1. The van der Waals surface area contributed by atoms with Crippen molar-refractivity contribution in [3.63, 3.8) is 0 Å². The van der Waals surface area contributed by atoms with Crippen LogP contribution in [0.15, 0.2) is 60.0 Å². The number of hydrogen-bond acceptors (Lipinski definition) is 4. The predicted molar refractivity (Wildman–Crippen MR) is 126 cm³/mol. The summed E-state index contributed by atoms with van der Waals surface area (Å²) >= 11 is 0. The van der Waals surface area contributed by atoms with Gasteiger partial charge in [0.05, 0.1) is 6.54 Å². The van der Waals surface area contributed by atoms with E-state index < -0.39 is 0 Å². The van der Waals surface area contributed by atoms with Crippen molar-refractivity contribution in [2.75, 3.05) is 13.6 Å². The van der Waals surface area contributed by atoms with E-state index in [-0.39, 0.29) is 35.9 Å². The van der Waals surface area contributed by atoms with Crippen LogP contribution in [-0.4, -0.2) is 40.2 Å². The molecule has 0 aliphatic heterocycles. The molecule has 2 aromatic heterocycles. The van der Waals surface area contributed by atoms with E-state index in [9.17, 15) is 4.39 Å². The summed E-state index contributed by atoms with van der Waals surface area (Å²) in [5.41, 5.74) is 1.03. The monoisotopic (exact) mass is 524 g/mol. The molecule has 0 radical (unpaired) electrons. The van der Waals surface area contributed by atoms with Crippen LogP contribution in [0, 0.1) is 12.7 Å². The molecule has 2 heterocycles. The third-order valence-electron chi connectivity index (χ3n) is 4.26. The number of nitrogens with zero attached hydrogens (tertiary/aromatic N) is 4. The second kappa shape index (κ2) is 11.5. The topological polar surface area (TPSA) is 76.4 Å². The van der Waals surface area contributed by atoms with Gasteiger partial charge in [-0.15, -0.1) is 24.0 Å². The van der Waals surface area contributed by atoms with Gasteiger partial charge in [-0.1, -0.05) is 12.1 Å². The number of benzene rings is 1. The number of nitrogens with one attached hydrogen (secondary N) is 2.